The zero-order valence-corrected chi connectivity index (χ0v) is 8.63. The van der Waals surface area contributed by atoms with Crippen LogP contribution in [0, 0.1) is 0 Å². The molecular weight excluding hydrogens is 182 g/mol. The van der Waals surface area contributed by atoms with Crippen molar-refractivity contribution in [3.63, 3.8) is 0 Å². The van der Waals surface area contributed by atoms with Gasteiger partial charge in [0.05, 0.1) is 5.01 Å². The minimum absolute atomic E-state index is 0.313. The molecule has 2 rings (SSSR count). The Bertz CT molecular complexity index is 250. The molecule has 1 aliphatic heterocycles. The number of nitrogens with zero attached hydrogens (tertiary/aromatic N) is 2. The number of likely N-dealkylation sites (tertiary alicyclic amines) is 1. The highest BCUT2D eigenvalue weighted by Crippen LogP contribution is 2.26. The minimum atomic E-state index is 0.313. The first kappa shape index (κ1) is 9.12. The van der Waals surface area contributed by atoms with Crippen molar-refractivity contribution in [3.05, 3.63) is 16.6 Å². The summed E-state index contributed by atoms with van der Waals surface area (Å²) in [5, 5.41) is 3.28. The van der Waals surface area contributed by atoms with Gasteiger partial charge in [0.2, 0.25) is 0 Å². The van der Waals surface area contributed by atoms with Crippen LogP contribution in [0.2, 0.25) is 0 Å². The highest BCUT2D eigenvalue weighted by atomic mass is 32.1. The van der Waals surface area contributed by atoms with Crippen LogP contribution in [0.4, 0.5) is 0 Å². The second kappa shape index (κ2) is 3.74. The van der Waals surface area contributed by atoms with E-state index < -0.39 is 0 Å². The van der Waals surface area contributed by atoms with Crippen LogP contribution in [0.3, 0.4) is 0 Å². The molecule has 0 aromatic carbocycles. The summed E-state index contributed by atoms with van der Waals surface area (Å²) in [6.07, 6.45) is 2.96. The number of hydrogen-bond acceptors (Lipinski definition) is 4. The molecule has 13 heavy (non-hydrogen) atoms. The molecule has 2 unspecified atom stereocenters. The molecule has 0 amide bonds. The van der Waals surface area contributed by atoms with Crippen molar-refractivity contribution in [2.45, 2.75) is 18.4 Å². The smallest absolute Gasteiger partial charge is 0.0969 e. The summed E-state index contributed by atoms with van der Waals surface area (Å²) in [6, 6.07) is 0.313. The van der Waals surface area contributed by atoms with Crippen molar-refractivity contribution >= 4 is 11.3 Å². The molecule has 0 aliphatic carbocycles. The topological polar surface area (TPSA) is 42.1 Å². The van der Waals surface area contributed by atoms with Crippen molar-refractivity contribution in [3.8, 4) is 0 Å². The first-order valence-corrected chi connectivity index (χ1v) is 5.47. The number of aromatic nitrogens is 1. The predicted octanol–water partition coefficient (Wildman–Crippen LogP) is 0.890. The third-order valence-electron chi connectivity index (χ3n) is 2.47. The average molecular weight is 197 g/mol. The second-order valence-corrected chi connectivity index (χ2v) is 4.71. The number of piperidine rings is 1. The summed E-state index contributed by atoms with van der Waals surface area (Å²) >= 11 is 1.74. The maximum Gasteiger partial charge on any atom is 0.0969 e. The molecule has 0 bridgehead atoms. The van der Waals surface area contributed by atoms with E-state index >= 15 is 0 Å². The summed E-state index contributed by atoms with van der Waals surface area (Å²) in [6.45, 7) is 2.11. The van der Waals surface area contributed by atoms with Crippen molar-refractivity contribution in [2.24, 2.45) is 5.73 Å². The Morgan fingerprint density at radius 2 is 2.46 bits per heavy atom. The van der Waals surface area contributed by atoms with E-state index in [2.05, 4.69) is 16.9 Å². The van der Waals surface area contributed by atoms with Crippen molar-refractivity contribution in [1.82, 2.24) is 9.88 Å². The second-order valence-electron chi connectivity index (χ2n) is 3.78. The van der Waals surface area contributed by atoms with E-state index in [4.69, 9.17) is 5.73 Å². The molecule has 3 nitrogen and oxygen atoms in total. The Morgan fingerprint density at radius 1 is 1.62 bits per heavy atom. The van der Waals surface area contributed by atoms with Gasteiger partial charge in [0, 0.05) is 36.6 Å². The summed E-state index contributed by atoms with van der Waals surface area (Å²) in [5.41, 5.74) is 5.96. The number of likely N-dealkylation sites (N-methyl/N-ethyl adjacent to an activating group) is 1. The fraction of sp³-hybridized carbons (Fsp3) is 0.667. The van der Waals surface area contributed by atoms with Crippen LogP contribution in [-0.2, 0) is 0 Å². The molecule has 0 saturated carbocycles. The van der Waals surface area contributed by atoms with Crippen LogP contribution in [0.15, 0.2) is 11.6 Å². The van der Waals surface area contributed by atoms with Crippen LogP contribution in [0.5, 0.6) is 0 Å². The first-order valence-electron chi connectivity index (χ1n) is 4.59. The Kier molecular flexibility index (Phi) is 2.62. The van der Waals surface area contributed by atoms with Gasteiger partial charge >= 0.3 is 0 Å². The SMILES string of the molecule is CN1CC(N)CC(c2nccs2)C1. The van der Waals surface area contributed by atoms with E-state index in [1.54, 1.807) is 11.3 Å². The Balaban J connectivity index is 2.07. The zero-order valence-electron chi connectivity index (χ0n) is 7.81. The fourth-order valence-electron chi connectivity index (χ4n) is 1.98. The number of rotatable bonds is 1. The highest BCUT2D eigenvalue weighted by molar-refractivity contribution is 7.09. The highest BCUT2D eigenvalue weighted by Gasteiger charge is 2.25. The molecule has 2 N–H and O–H groups in total. The normalized spacial score (nSPS) is 30.6. The van der Waals surface area contributed by atoms with Gasteiger partial charge in [-0.05, 0) is 13.5 Å². The van der Waals surface area contributed by atoms with E-state index in [0.717, 1.165) is 19.5 Å². The van der Waals surface area contributed by atoms with Crippen LogP contribution in [-0.4, -0.2) is 36.1 Å². The molecule has 0 radical (unpaired) electrons. The minimum Gasteiger partial charge on any atom is -0.327 e. The molecule has 1 aromatic heterocycles. The van der Waals surface area contributed by atoms with E-state index in [1.165, 1.54) is 5.01 Å². The van der Waals surface area contributed by atoms with Gasteiger partial charge in [0.25, 0.3) is 0 Å². The van der Waals surface area contributed by atoms with Crippen molar-refractivity contribution in [1.29, 1.82) is 0 Å². The average Bonchev–Trinajstić information content (AvgIpc) is 2.53. The molecule has 2 heterocycles. The maximum absolute atomic E-state index is 5.96. The van der Waals surface area contributed by atoms with Crippen molar-refractivity contribution in [2.75, 3.05) is 20.1 Å². The quantitative estimate of drug-likeness (QED) is 0.727. The van der Waals surface area contributed by atoms with E-state index in [9.17, 15) is 0 Å². The van der Waals surface area contributed by atoms with Gasteiger partial charge < -0.3 is 10.6 Å². The number of nitrogens with two attached hydrogens (primary N) is 1. The largest absolute Gasteiger partial charge is 0.327 e. The molecule has 4 heteroatoms. The summed E-state index contributed by atoms with van der Waals surface area (Å²) in [4.78, 5) is 6.64. The van der Waals surface area contributed by atoms with Crippen LogP contribution < -0.4 is 5.73 Å². The maximum atomic E-state index is 5.96. The van der Waals surface area contributed by atoms with E-state index in [1.807, 2.05) is 11.6 Å². The lowest BCUT2D eigenvalue weighted by atomic mass is 9.96. The Labute approximate surface area is 82.6 Å². The lowest BCUT2D eigenvalue weighted by Gasteiger charge is -2.32. The summed E-state index contributed by atoms with van der Waals surface area (Å²) in [7, 11) is 2.12. The third-order valence-corrected chi connectivity index (χ3v) is 3.40. The van der Waals surface area contributed by atoms with E-state index in [-0.39, 0.29) is 0 Å². The molecule has 72 valence electrons. The van der Waals surface area contributed by atoms with E-state index in [0.29, 0.717) is 12.0 Å². The third kappa shape index (κ3) is 2.07. The molecule has 1 saturated heterocycles. The molecule has 1 aliphatic rings. The molecular formula is C9H15N3S. The van der Waals surface area contributed by atoms with Gasteiger partial charge in [0.1, 0.15) is 0 Å². The molecule has 1 aromatic rings. The molecule has 2 atom stereocenters. The first-order chi connectivity index (χ1) is 6.25. The van der Waals surface area contributed by atoms with Crippen LogP contribution in [0.1, 0.15) is 17.3 Å². The monoisotopic (exact) mass is 197 g/mol. The molecule has 0 spiro atoms. The number of thiazole rings is 1. The van der Waals surface area contributed by atoms with Gasteiger partial charge in [0.15, 0.2) is 0 Å². The van der Waals surface area contributed by atoms with Crippen molar-refractivity contribution < 1.29 is 0 Å². The summed E-state index contributed by atoms with van der Waals surface area (Å²) < 4.78 is 0. The predicted molar refractivity (Wildman–Crippen MR) is 54.9 cm³/mol. The van der Waals surface area contributed by atoms with Gasteiger partial charge in [-0.15, -0.1) is 11.3 Å². The lowest BCUT2D eigenvalue weighted by molar-refractivity contribution is 0.227. The standard InChI is InChI=1S/C9H15N3S/c1-12-5-7(4-8(10)6-12)9-11-2-3-13-9/h2-3,7-8H,4-6,10H2,1H3. The lowest BCUT2D eigenvalue weighted by Crippen LogP contribution is -2.44. The zero-order chi connectivity index (χ0) is 9.26. The Hall–Kier alpha value is -0.450. The summed E-state index contributed by atoms with van der Waals surface area (Å²) in [5.74, 6) is 0.550. The van der Waals surface area contributed by atoms with Gasteiger partial charge in [-0.3, -0.25) is 0 Å². The number of hydrogen-bond donors (Lipinski definition) is 1. The van der Waals surface area contributed by atoms with Gasteiger partial charge in [-0.25, -0.2) is 4.98 Å². The fourth-order valence-corrected chi connectivity index (χ4v) is 2.73. The Morgan fingerprint density at radius 3 is 3.08 bits per heavy atom. The van der Waals surface area contributed by atoms with Gasteiger partial charge in [-0.1, -0.05) is 0 Å². The van der Waals surface area contributed by atoms with Crippen LogP contribution in [0.25, 0.3) is 0 Å². The molecule has 1 fully saturated rings. The van der Waals surface area contributed by atoms with Gasteiger partial charge in [-0.2, -0.15) is 0 Å². The van der Waals surface area contributed by atoms with Crippen LogP contribution >= 0.6 is 11.3 Å².